The van der Waals surface area contributed by atoms with Crippen LogP contribution in [0.1, 0.15) is 24.4 Å². The number of hydrogen-bond donors (Lipinski definition) is 2. The Morgan fingerprint density at radius 2 is 2.00 bits per heavy atom. The van der Waals surface area contributed by atoms with Gasteiger partial charge >= 0.3 is 0 Å². The van der Waals surface area contributed by atoms with Crippen molar-refractivity contribution < 1.29 is 4.74 Å². The molecule has 0 spiro atoms. The monoisotopic (exact) mass is 208 g/mol. The molecule has 0 saturated carbocycles. The van der Waals surface area contributed by atoms with E-state index in [-0.39, 0.29) is 6.04 Å². The van der Waals surface area contributed by atoms with E-state index in [9.17, 15) is 0 Å². The quantitative estimate of drug-likeness (QED) is 0.556. The number of nitrogens with two attached hydrogens (primary N) is 1. The summed E-state index contributed by atoms with van der Waals surface area (Å²) >= 11 is 0. The number of hydrazine groups is 1. The zero-order valence-electron chi connectivity index (χ0n) is 8.60. The van der Waals surface area contributed by atoms with Gasteiger partial charge in [0.15, 0.2) is 0 Å². The van der Waals surface area contributed by atoms with Crippen molar-refractivity contribution in [3.05, 3.63) is 24.3 Å². The van der Waals surface area contributed by atoms with Crippen molar-refractivity contribution in [2.45, 2.75) is 18.9 Å². The van der Waals surface area contributed by atoms with Gasteiger partial charge in [-0.1, -0.05) is 0 Å². The highest BCUT2D eigenvalue weighted by molar-refractivity contribution is 5.10. The molecule has 0 radical (unpaired) electrons. The fourth-order valence-corrected chi connectivity index (χ4v) is 2.02. The molecular formula is C10H16N4O. The van der Waals surface area contributed by atoms with Gasteiger partial charge in [-0.3, -0.25) is 11.3 Å². The van der Waals surface area contributed by atoms with Crippen LogP contribution in [0, 0.1) is 5.92 Å². The van der Waals surface area contributed by atoms with Crippen LogP contribution in [0.4, 0.5) is 0 Å². The predicted molar refractivity (Wildman–Crippen MR) is 55.6 cm³/mol. The summed E-state index contributed by atoms with van der Waals surface area (Å²) in [6.07, 6.45) is 7.22. The van der Waals surface area contributed by atoms with Crippen LogP contribution in [-0.4, -0.2) is 23.2 Å². The molecule has 0 aromatic carbocycles. The number of aromatic nitrogens is 2. The number of ether oxygens (including phenoxy) is 1. The molecule has 5 nitrogen and oxygen atoms in total. The molecule has 2 rings (SSSR count). The second kappa shape index (κ2) is 5.16. The largest absolute Gasteiger partial charge is 0.381 e. The lowest BCUT2D eigenvalue weighted by molar-refractivity contribution is 0.0535. The Kier molecular flexibility index (Phi) is 3.60. The standard InChI is InChI=1S/C10H16N4O/c11-14-10(8-1-3-15-4-2-8)9-5-12-7-13-6-9/h5-8,10,14H,1-4,11H2. The van der Waals surface area contributed by atoms with E-state index >= 15 is 0 Å². The molecule has 1 aromatic heterocycles. The van der Waals surface area contributed by atoms with Crippen LogP contribution in [0.5, 0.6) is 0 Å². The summed E-state index contributed by atoms with van der Waals surface area (Å²) in [5.41, 5.74) is 3.90. The van der Waals surface area contributed by atoms with Gasteiger partial charge in [0.05, 0.1) is 6.04 Å². The van der Waals surface area contributed by atoms with Gasteiger partial charge in [0.2, 0.25) is 0 Å². The Hall–Kier alpha value is -1.04. The Labute approximate surface area is 89.0 Å². The van der Waals surface area contributed by atoms with Crippen molar-refractivity contribution in [1.29, 1.82) is 0 Å². The van der Waals surface area contributed by atoms with E-state index in [2.05, 4.69) is 15.4 Å². The predicted octanol–water partition coefficient (Wildman–Crippen LogP) is 0.408. The lowest BCUT2D eigenvalue weighted by atomic mass is 9.89. The average Bonchev–Trinajstić information content (AvgIpc) is 2.33. The maximum absolute atomic E-state index is 5.59. The van der Waals surface area contributed by atoms with Crippen molar-refractivity contribution in [2.75, 3.05) is 13.2 Å². The molecule has 1 atom stereocenters. The normalized spacial score (nSPS) is 20.1. The SMILES string of the molecule is NNC(c1cncnc1)C1CCOCC1. The molecule has 2 heterocycles. The van der Waals surface area contributed by atoms with Gasteiger partial charge in [-0.25, -0.2) is 9.97 Å². The highest BCUT2D eigenvalue weighted by Gasteiger charge is 2.24. The van der Waals surface area contributed by atoms with Crippen molar-refractivity contribution >= 4 is 0 Å². The van der Waals surface area contributed by atoms with Crippen molar-refractivity contribution in [3.8, 4) is 0 Å². The molecule has 82 valence electrons. The lowest BCUT2D eigenvalue weighted by Crippen LogP contribution is -2.36. The van der Waals surface area contributed by atoms with Gasteiger partial charge < -0.3 is 4.74 Å². The first kappa shape index (κ1) is 10.5. The van der Waals surface area contributed by atoms with E-state index < -0.39 is 0 Å². The second-order valence-corrected chi connectivity index (χ2v) is 3.77. The van der Waals surface area contributed by atoms with Crippen molar-refractivity contribution in [2.24, 2.45) is 11.8 Å². The minimum Gasteiger partial charge on any atom is -0.381 e. The molecule has 1 aliphatic heterocycles. The number of rotatable bonds is 3. The molecule has 1 fully saturated rings. The van der Waals surface area contributed by atoms with Crippen molar-refractivity contribution in [3.63, 3.8) is 0 Å². The highest BCUT2D eigenvalue weighted by atomic mass is 16.5. The van der Waals surface area contributed by atoms with E-state index in [0.29, 0.717) is 5.92 Å². The zero-order valence-corrected chi connectivity index (χ0v) is 8.60. The molecule has 1 saturated heterocycles. The molecule has 5 heteroatoms. The number of nitrogens with zero attached hydrogens (tertiary/aromatic N) is 2. The zero-order chi connectivity index (χ0) is 10.5. The van der Waals surface area contributed by atoms with Crippen LogP contribution >= 0.6 is 0 Å². The van der Waals surface area contributed by atoms with E-state index in [0.717, 1.165) is 31.6 Å². The summed E-state index contributed by atoms with van der Waals surface area (Å²) in [5, 5.41) is 0. The third kappa shape index (κ3) is 2.50. The van der Waals surface area contributed by atoms with Crippen LogP contribution < -0.4 is 11.3 Å². The summed E-state index contributed by atoms with van der Waals surface area (Å²) < 4.78 is 5.33. The molecule has 0 amide bonds. The minimum absolute atomic E-state index is 0.134. The maximum Gasteiger partial charge on any atom is 0.115 e. The van der Waals surface area contributed by atoms with Crippen LogP contribution in [0.3, 0.4) is 0 Å². The van der Waals surface area contributed by atoms with E-state index in [1.54, 1.807) is 0 Å². The molecule has 0 aliphatic carbocycles. The van der Waals surface area contributed by atoms with Crippen LogP contribution in [0.2, 0.25) is 0 Å². The summed E-state index contributed by atoms with van der Waals surface area (Å²) in [7, 11) is 0. The summed E-state index contributed by atoms with van der Waals surface area (Å²) in [5.74, 6) is 6.10. The Balaban J connectivity index is 2.09. The van der Waals surface area contributed by atoms with Crippen LogP contribution in [-0.2, 0) is 4.74 Å². The summed E-state index contributed by atoms with van der Waals surface area (Å²) in [6, 6.07) is 0.134. The molecular weight excluding hydrogens is 192 g/mol. The number of hydrogen-bond acceptors (Lipinski definition) is 5. The van der Waals surface area contributed by atoms with Gasteiger partial charge in [-0.15, -0.1) is 0 Å². The third-order valence-electron chi connectivity index (χ3n) is 2.86. The second-order valence-electron chi connectivity index (χ2n) is 3.77. The Bertz CT molecular complexity index is 287. The molecule has 15 heavy (non-hydrogen) atoms. The molecule has 3 N–H and O–H groups in total. The topological polar surface area (TPSA) is 73.1 Å². The Morgan fingerprint density at radius 1 is 1.33 bits per heavy atom. The van der Waals surface area contributed by atoms with Gasteiger partial charge in [0.25, 0.3) is 0 Å². The molecule has 0 bridgehead atoms. The molecule has 1 unspecified atom stereocenters. The summed E-state index contributed by atoms with van der Waals surface area (Å²) in [4.78, 5) is 8.02. The summed E-state index contributed by atoms with van der Waals surface area (Å²) in [6.45, 7) is 1.63. The van der Waals surface area contributed by atoms with E-state index in [1.165, 1.54) is 6.33 Å². The maximum atomic E-state index is 5.59. The van der Waals surface area contributed by atoms with Gasteiger partial charge in [0.1, 0.15) is 6.33 Å². The minimum atomic E-state index is 0.134. The molecule has 1 aliphatic rings. The lowest BCUT2D eigenvalue weighted by Gasteiger charge is -2.29. The van der Waals surface area contributed by atoms with E-state index in [1.807, 2.05) is 12.4 Å². The van der Waals surface area contributed by atoms with Crippen molar-refractivity contribution in [1.82, 2.24) is 15.4 Å². The smallest absolute Gasteiger partial charge is 0.115 e. The first-order chi connectivity index (χ1) is 7.42. The van der Waals surface area contributed by atoms with E-state index in [4.69, 9.17) is 10.6 Å². The number of nitrogens with one attached hydrogen (secondary N) is 1. The fraction of sp³-hybridized carbons (Fsp3) is 0.600. The van der Waals surface area contributed by atoms with Crippen LogP contribution in [0.15, 0.2) is 18.7 Å². The van der Waals surface area contributed by atoms with Gasteiger partial charge in [-0.2, -0.15) is 0 Å². The van der Waals surface area contributed by atoms with Crippen LogP contribution in [0.25, 0.3) is 0 Å². The average molecular weight is 208 g/mol. The van der Waals surface area contributed by atoms with Gasteiger partial charge in [0, 0.05) is 31.2 Å². The third-order valence-corrected chi connectivity index (χ3v) is 2.86. The Morgan fingerprint density at radius 3 is 2.60 bits per heavy atom. The van der Waals surface area contributed by atoms with Gasteiger partial charge in [-0.05, 0) is 18.8 Å². The highest BCUT2D eigenvalue weighted by Crippen LogP contribution is 2.28. The molecule has 1 aromatic rings. The first-order valence-corrected chi connectivity index (χ1v) is 5.20. The fourth-order valence-electron chi connectivity index (χ4n) is 2.02. The first-order valence-electron chi connectivity index (χ1n) is 5.20.